The first-order valence-corrected chi connectivity index (χ1v) is 3.59. The van der Waals surface area contributed by atoms with Crippen LogP contribution >= 0.6 is 0 Å². The minimum atomic E-state index is -1.49. The van der Waals surface area contributed by atoms with Crippen molar-refractivity contribution >= 4 is 11.6 Å². The molecule has 8 nitrogen and oxygen atoms in total. The Morgan fingerprint density at radius 2 is 2.29 bits per heavy atom. The van der Waals surface area contributed by atoms with Crippen molar-refractivity contribution in [3.05, 3.63) is 22.5 Å². The molecule has 0 N–H and O–H groups in total. The summed E-state index contributed by atoms with van der Waals surface area (Å²) in [5.41, 5.74) is -1.03. The summed E-state index contributed by atoms with van der Waals surface area (Å²) < 4.78 is 1.95. The van der Waals surface area contributed by atoms with Gasteiger partial charge in [-0.05, 0) is 0 Å². The van der Waals surface area contributed by atoms with Crippen LogP contribution in [0.5, 0.6) is 0 Å². The summed E-state index contributed by atoms with van der Waals surface area (Å²) in [6.45, 7) is 0. The van der Waals surface area contributed by atoms with E-state index in [9.17, 15) is 14.7 Å². The van der Waals surface area contributed by atoms with E-state index < -0.39 is 17.4 Å². The Balaban J connectivity index is 2.91. The van der Waals surface area contributed by atoms with Crippen molar-refractivity contribution in [1.29, 1.82) is 0 Å². The van der Waals surface area contributed by atoms with E-state index in [0.717, 1.165) is 15.4 Å². The molecule has 0 aliphatic rings. The monoisotopic (exact) mass is 194 g/mol. The van der Waals surface area contributed by atoms with Crippen molar-refractivity contribution in [2.24, 2.45) is 7.05 Å². The number of aromatic carboxylic acids is 1. The maximum atomic E-state index is 11.3. The van der Waals surface area contributed by atoms with Crippen molar-refractivity contribution in [2.75, 3.05) is 0 Å². The molecule has 0 unspecified atom stereocenters. The summed E-state index contributed by atoms with van der Waals surface area (Å²) in [6.07, 6.45) is 1.07. The van der Waals surface area contributed by atoms with Crippen LogP contribution in [-0.2, 0) is 7.05 Å². The number of carbonyl (C=O) groups excluding carboxylic acids is 1. The van der Waals surface area contributed by atoms with Gasteiger partial charge in [-0.25, -0.2) is 14.2 Å². The van der Waals surface area contributed by atoms with Crippen LogP contribution in [0, 0.1) is 0 Å². The fourth-order valence-electron chi connectivity index (χ4n) is 1.03. The normalized spacial score (nSPS) is 10.6. The summed E-state index contributed by atoms with van der Waals surface area (Å²) in [5, 5.41) is 17.4. The highest BCUT2D eigenvalue weighted by molar-refractivity contribution is 5.90. The van der Waals surface area contributed by atoms with Crippen LogP contribution in [-0.4, -0.2) is 30.3 Å². The number of carboxylic acids is 1. The number of nitrogens with zero attached hydrogens (tertiary/aromatic N) is 5. The second kappa shape index (κ2) is 2.62. The molecule has 0 aromatic carbocycles. The Hall–Kier alpha value is -2.25. The zero-order chi connectivity index (χ0) is 10.3. The average Bonchev–Trinajstić information content (AvgIpc) is 2.55. The van der Waals surface area contributed by atoms with E-state index in [0.29, 0.717) is 0 Å². The van der Waals surface area contributed by atoms with Gasteiger partial charge in [-0.15, -0.1) is 5.10 Å². The van der Waals surface area contributed by atoms with Crippen molar-refractivity contribution in [3.8, 4) is 0 Å². The standard InChI is InChI=1S/C6H5N5O3/c1-10-6(14)11-2-7-3(5(12)13)4(11)8-9-10/h2H,1H3,(H,12,13)/p-1. The second-order valence-corrected chi connectivity index (χ2v) is 2.57. The van der Waals surface area contributed by atoms with Crippen LogP contribution in [0.2, 0.25) is 0 Å². The Kier molecular flexibility index (Phi) is 1.56. The first-order chi connectivity index (χ1) is 6.61. The van der Waals surface area contributed by atoms with Crippen LogP contribution in [0.25, 0.3) is 5.65 Å². The SMILES string of the molecule is Cn1nnc2c(C(=O)[O-])ncn2c1=O. The van der Waals surface area contributed by atoms with Gasteiger partial charge in [0, 0.05) is 7.05 Å². The smallest absolute Gasteiger partial charge is 0.352 e. The third-order valence-corrected chi connectivity index (χ3v) is 1.69. The number of fused-ring (bicyclic) bond motifs is 1. The molecule has 0 fully saturated rings. The van der Waals surface area contributed by atoms with Crippen LogP contribution in [0.1, 0.15) is 10.5 Å². The fourth-order valence-corrected chi connectivity index (χ4v) is 1.03. The van der Waals surface area contributed by atoms with Crippen LogP contribution < -0.4 is 10.8 Å². The zero-order valence-electron chi connectivity index (χ0n) is 7.04. The molecule has 0 spiro atoms. The third kappa shape index (κ3) is 0.969. The lowest BCUT2D eigenvalue weighted by Crippen LogP contribution is -2.28. The molecule has 2 rings (SSSR count). The number of aryl methyl sites for hydroxylation is 1. The molecular weight excluding hydrogens is 190 g/mol. The van der Waals surface area contributed by atoms with Gasteiger partial charge in [-0.3, -0.25) is 0 Å². The molecule has 72 valence electrons. The van der Waals surface area contributed by atoms with Gasteiger partial charge in [-0.2, -0.15) is 4.68 Å². The van der Waals surface area contributed by atoms with Crippen molar-refractivity contribution in [2.45, 2.75) is 0 Å². The van der Waals surface area contributed by atoms with E-state index in [1.807, 2.05) is 0 Å². The van der Waals surface area contributed by atoms with Crippen molar-refractivity contribution in [3.63, 3.8) is 0 Å². The maximum Gasteiger partial charge on any atom is 0.352 e. The van der Waals surface area contributed by atoms with Crippen LogP contribution in [0.3, 0.4) is 0 Å². The highest BCUT2D eigenvalue weighted by atomic mass is 16.4. The zero-order valence-corrected chi connectivity index (χ0v) is 7.04. The predicted octanol–water partition coefficient (Wildman–Crippen LogP) is -2.81. The Morgan fingerprint density at radius 3 is 2.93 bits per heavy atom. The summed E-state index contributed by atoms with van der Waals surface area (Å²) in [6, 6.07) is 0. The average molecular weight is 194 g/mol. The van der Waals surface area contributed by atoms with E-state index in [4.69, 9.17) is 0 Å². The molecule has 8 heteroatoms. The third-order valence-electron chi connectivity index (χ3n) is 1.69. The number of rotatable bonds is 1. The molecule has 2 aromatic rings. The largest absolute Gasteiger partial charge is 0.543 e. The lowest BCUT2D eigenvalue weighted by Gasteiger charge is -1.97. The molecule has 0 amide bonds. The quantitative estimate of drug-likeness (QED) is 0.485. The molecule has 2 heterocycles. The number of hydrogen-bond acceptors (Lipinski definition) is 6. The number of imidazole rings is 1. The second-order valence-electron chi connectivity index (χ2n) is 2.57. The topological polar surface area (TPSA) is 105 Å². The summed E-state index contributed by atoms with van der Waals surface area (Å²) in [7, 11) is 1.40. The lowest BCUT2D eigenvalue weighted by atomic mass is 10.5. The minimum absolute atomic E-state index is 0.117. The van der Waals surface area contributed by atoms with Crippen molar-refractivity contribution < 1.29 is 9.90 Å². The van der Waals surface area contributed by atoms with Gasteiger partial charge < -0.3 is 9.90 Å². The molecule has 0 saturated carbocycles. The number of carboxylic acid groups (broad SMARTS) is 1. The predicted molar refractivity (Wildman–Crippen MR) is 40.4 cm³/mol. The molecule has 2 aromatic heterocycles. The van der Waals surface area contributed by atoms with Crippen LogP contribution in [0.15, 0.2) is 11.1 Å². The van der Waals surface area contributed by atoms with Gasteiger partial charge in [0.15, 0.2) is 5.65 Å². The van der Waals surface area contributed by atoms with Crippen LogP contribution in [0.4, 0.5) is 0 Å². The molecule has 0 bridgehead atoms. The van der Waals surface area contributed by atoms with Gasteiger partial charge in [0.2, 0.25) is 0 Å². The molecular formula is C6H4N5O3-. The van der Waals surface area contributed by atoms with Gasteiger partial charge in [-0.1, -0.05) is 5.21 Å². The van der Waals surface area contributed by atoms with E-state index in [-0.39, 0.29) is 5.65 Å². The fraction of sp³-hybridized carbons (Fsp3) is 0.167. The van der Waals surface area contributed by atoms with Gasteiger partial charge in [0.25, 0.3) is 0 Å². The number of carbonyl (C=O) groups is 1. The first kappa shape index (κ1) is 8.35. The Morgan fingerprint density at radius 1 is 1.57 bits per heavy atom. The highest BCUT2D eigenvalue weighted by Gasteiger charge is 2.09. The first-order valence-electron chi connectivity index (χ1n) is 3.59. The maximum absolute atomic E-state index is 11.3. The molecule has 0 radical (unpaired) electrons. The lowest BCUT2D eigenvalue weighted by molar-refractivity contribution is -0.255. The minimum Gasteiger partial charge on any atom is -0.543 e. The molecule has 0 saturated heterocycles. The summed E-state index contributed by atoms with van der Waals surface area (Å²) in [5.74, 6) is -1.49. The summed E-state index contributed by atoms with van der Waals surface area (Å²) in [4.78, 5) is 25.3. The number of hydrogen-bond donors (Lipinski definition) is 0. The Labute approximate surface area is 76.4 Å². The molecule has 14 heavy (non-hydrogen) atoms. The molecule has 0 atom stereocenters. The summed E-state index contributed by atoms with van der Waals surface area (Å²) >= 11 is 0. The van der Waals surface area contributed by atoms with Gasteiger partial charge in [0.05, 0.1) is 5.97 Å². The van der Waals surface area contributed by atoms with E-state index in [2.05, 4.69) is 15.3 Å². The van der Waals surface area contributed by atoms with Gasteiger partial charge >= 0.3 is 5.69 Å². The molecule has 0 aliphatic carbocycles. The highest BCUT2D eigenvalue weighted by Crippen LogP contribution is 1.99. The van der Waals surface area contributed by atoms with E-state index in [1.165, 1.54) is 7.05 Å². The Bertz CT molecular complexity index is 568. The van der Waals surface area contributed by atoms with E-state index in [1.54, 1.807) is 0 Å². The van der Waals surface area contributed by atoms with Gasteiger partial charge in [0.1, 0.15) is 12.0 Å². The van der Waals surface area contributed by atoms with E-state index >= 15 is 0 Å². The molecule has 0 aliphatic heterocycles. The number of aromatic nitrogens is 5. The van der Waals surface area contributed by atoms with Crippen molar-refractivity contribution in [1.82, 2.24) is 24.4 Å².